The number of hydrogen-bond donors (Lipinski definition) is 2. The van der Waals surface area contributed by atoms with Crippen molar-refractivity contribution in [1.29, 1.82) is 0 Å². The number of para-hydroxylation sites is 1. The van der Waals surface area contributed by atoms with Crippen LogP contribution in [0.25, 0.3) is 0 Å². The molecule has 0 radical (unpaired) electrons. The molecule has 0 unspecified atom stereocenters. The van der Waals surface area contributed by atoms with Crippen molar-refractivity contribution in [3.05, 3.63) is 42.2 Å². The van der Waals surface area contributed by atoms with E-state index < -0.39 is 0 Å². The topological polar surface area (TPSA) is 74.2 Å². The lowest BCUT2D eigenvalue weighted by Gasteiger charge is -2.18. The lowest BCUT2D eigenvalue weighted by molar-refractivity contribution is 0.317. The van der Waals surface area contributed by atoms with Gasteiger partial charge in [-0.25, -0.2) is 0 Å². The zero-order valence-corrected chi connectivity index (χ0v) is 7.91. The molecule has 0 aromatic heterocycles. The van der Waals surface area contributed by atoms with Gasteiger partial charge in [0.1, 0.15) is 0 Å². The predicted molar refractivity (Wildman–Crippen MR) is 59.1 cm³/mol. The number of nitrogens with zero attached hydrogens (tertiary/aromatic N) is 3. The van der Waals surface area contributed by atoms with Crippen LogP contribution in [0.3, 0.4) is 0 Å². The van der Waals surface area contributed by atoms with E-state index in [-0.39, 0.29) is 5.96 Å². The molecule has 5 heteroatoms. The van der Waals surface area contributed by atoms with Crippen LogP contribution in [0.5, 0.6) is 0 Å². The van der Waals surface area contributed by atoms with Gasteiger partial charge in [0.2, 0.25) is 5.96 Å². The fourth-order valence-electron chi connectivity index (χ4n) is 1.37. The smallest absolute Gasteiger partial charge is 0.241 e. The van der Waals surface area contributed by atoms with Crippen molar-refractivity contribution in [2.24, 2.45) is 15.9 Å². The number of guanidine groups is 1. The summed E-state index contributed by atoms with van der Waals surface area (Å²) in [7, 11) is 0. The van der Waals surface area contributed by atoms with E-state index in [0.717, 1.165) is 11.3 Å². The van der Waals surface area contributed by atoms with Crippen LogP contribution in [0.4, 0.5) is 5.69 Å². The van der Waals surface area contributed by atoms with Crippen LogP contribution < -0.4 is 10.6 Å². The highest BCUT2D eigenvalue weighted by atomic mass is 16.4. The Bertz CT molecular complexity index is 450. The number of nitrogens with two attached hydrogens (primary N) is 1. The van der Waals surface area contributed by atoms with Crippen LogP contribution in [0.1, 0.15) is 5.56 Å². The zero-order chi connectivity index (χ0) is 10.7. The fourth-order valence-corrected chi connectivity index (χ4v) is 1.37. The molecule has 0 atom stereocenters. The van der Waals surface area contributed by atoms with Gasteiger partial charge in [0, 0.05) is 24.2 Å². The molecule has 0 spiro atoms. The molecule has 76 valence electrons. The second-order valence-electron chi connectivity index (χ2n) is 2.96. The van der Waals surface area contributed by atoms with E-state index in [2.05, 4.69) is 10.1 Å². The van der Waals surface area contributed by atoms with Gasteiger partial charge in [0.15, 0.2) is 0 Å². The Kier molecular flexibility index (Phi) is 2.37. The Balaban J connectivity index is 2.53. The molecule has 0 bridgehead atoms. The van der Waals surface area contributed by atoms with Crippen LogP contribution in [0.2, 0.25) is 0 Å². The number of hydrogen-bond acceptors (Lipinski definition) is 3. The summed E-state index contributed by atoms with van der Waals surface area (Å²) in [6, 6.07) is 7.56. The van der Waals surface area contributed by atoms with Gasteiger partial charge >= 0.3 is 0 Å². The molecule has 1 aliphatic heterocycles. The number of oxime groups is 1. The summed E-state index contributed by atoms with van der Waals surface area (Å²) in [5, 5.41) is 11.6. The Hall–Kier alpha value is -2.30. The van der Waals surface area contributed by atoms with Crippen LogP contribution in [-0.2, 0) is 0 Å². The third-order valence-corrected chi connectivity index (χ3v) is 2.06. The molecule has 15 heavy (non-hydrogen) atoms. The minimum Gasteiger partial charge on any atom is -0.408 e. The largest absolute Gasteiger partial charge is 0.408 e. The molecule has 1 aromatic carbocycles. The summed E-state index contributed by atoms with van der Waals surface area (Å²) in [6.45, 7) is 0. The van der Waals surface area contributed by atoms with Gasteiger partial charge in [0.05, 0.1) is 5.69 Å². The van der Waals surface area contributed by atoms with E-state index >= 15 is 0 Å². The molecule has 0 amide bonds. The summed E-state index contributed by atoms with van der Waals surface area (Å²) in [6.07, 6.45) is 4.94. The molecule has 3 N–H and O–H groups in total. The van der Waals surface area contributed by atoms with Crippen LogP contribution in [0.15, 0.2) is 46.8 Å². The van der Waals surface area contributed by atoms with Gasteiger partial charge in [-0.1, -0.05) is 23.4 Å². The minimum absolute atomic E-state index is 0.00389. The highest BCUT2D eigenvalue weighted by Crippen LogP contribution is 2.20. The van der Waals surface area contributed by atoms with Crippen molar-refractivity contribution in [3.8, 4) is 0 Å². The fraction of sp³-hybridized carbons (Fsp3) is 0. The molecule has 0 aliphatic carbocycles. The number of fused-ring (bicyclic) bond motifs is 1. The van der Waals surface area contributed by atoms with Gasteiger partial charge in [0.25, 0.3) is 0 Å². The van der Waals surface area contributed by atoms with Crippen molar-refractivity contribution >= 4 is 17.9 Å². The Labute approximate surface area is 86.8 Å². The first-order valence-electron chi connectivity index (χ1n) is 4.38. The third kappa shape index (κ3) is 1.67. The van der Waals surface area contributed by atoms with Crippen molar-refractivity contribution in [2.45, 2.75) is 0 Å². The SMILES string of the molecule is NC(=NO)N1C=CN=Cc2ccccc21. The maximum atomic E-state index is 8.65. The highest BCUT2D eigenvalue weighted by molar-refractivity contribution is 6.02. The molecular weight excluding hydrogens is 192 g/mol. The molecule has 0 saturated heterocycles. The van der Waals surface area contributed by atoms with Gasteiger partial charge in [-0.3, -0.25) is 9.89 Å². The monoisotopic (exact) mass is 202 g/mol. The number of benzene rings is 1. The van der Waals surface area contributed by atoms with Gasteiger partial charge in [-0.2, -0.15) is 0 Å². The normalized spacial score (nSPS) is 14.9. The maximum Gasteiger partial charge on any atom is 0.241 e. The molecule has 5 nitrogen and oxygen atoms in total. The summed E-state index contributed by atoms with van der Waals surface area (Å²) in [5.74, 6) is 0.00389. The molecular formula is C10H10N4O. The second kappa shape index (κ2) is 3.83. The first-order valence-corrected chi connectivity index (χ1v) is 4.38. The summed E-state index contributed by atoms with van der Waals surface area (Å²) in [4.78, 5) is 5.60. The Morgan fingerprint density at radius 3 is 3.00 bits per heavy atom. The van der Waals surface area contributed by atoms with Crippen molar-refractivity contribution < 1.29 is 5.21 Å². The summed E-state index contributed by atoms with van der Waals surface area (Å²) >= 11 is 0. The van der Waals surface area contributed by atoms with Crippen molar-refractivity contribution in [3.63, 3.8) is 0 Å². The lowest BCUT2D eigenvalue weighted by atomic mass is 10.2. The number of anilines is 1. The summed E-state index contributed by atoms with van der Waals surface area (Å²) < 4.78 is 0. The molecule has 1 heterocycles. The average molecular weight is 202 g/mol. The maximum absolute atomic E-state index is 8.65. The van der Waals surface area contributed by atoms with Crippen molar-refractivity contribution in [1.82, 2.24) is 0 Å². The Morgan fingerprint density at radius 2 is 2.20 bits per heavy atom. The molecule has 0 fully saturated rings. The quantitative estimate of drug-likeness (QED) is 0.286. The molecule has 2 rings (SSSR count). The van der Waals surface area contributed by atoms with E-state index in [4.69, 9.17) is 10.9 Å². The van der Waals surface area contributed by atoms with E-state index in [9.17, 15) is 0 Å². The van der Waals surface area contributed by atoms with E-state index in [1.54, 1.807) is 23.5 Å². The number of rotatable bonds is 0. The second-order valence-corrected chi connectivity index (χ2v) is 2.96. The first-order chi connectivity index (χ1) is 7.33. The van der Waals surface area contributed by atoms with Gasteiger partial charge in [-0.05, 0) is 6.07 Å². The molecule has 1 aliphatic rings. The van der Waals surface area contributed by atoms with E-state index in [0.29, 0.717) is 0 Å². The van der Waals surface area contributed by atoms with E-state index in [1.807, 2.05) is 24.3 Å². The van der Waals surface area contributed by atoms with Gasteiger partial charge in [-0.15, -0.1) is 0 Å². The molecule has 0 saturated carbocycles. The standard InChI is InChI=1S/C10H10N4O/c11-10(13-15)14-6-5-12-7-8-3-1-2-4-9(8)14/h1-7,15H,(H2,11,13). The van der Waals surface area contributed by atoms with Crippen molar-refractivity contribution in [2.75, 3.05) is 4.90 Å². The average Bonchev–Trinajstić information content (AvgIpc) is 2.50. The van der Waals surface area contributed by atoms with Crippen LogP contribution in [-0.4, -0.2) is 17.4 Å². The summed E-state index contributed by atoms with van der Waals surface area (Å²) in [5.41, 5.74) is 7.29. The predicted octanol–water partition coefficient (Wildman–Crippen LogP) is 1.10. The number of aliphatic imine (C=N–C) groups is 1. The van der Waals surface area contributed by atoms with Crippen LogP contribution in [0, 0.1) is 0 Å². The Morgan fingerprint density at radius 1 is 1.40 bits per heavy atom. The van der Waals surface area contributed by atoms with Gasteiger partial charge < -0.3 is 10.9 Å². The minimum atomic E-state index is 0.00389. The zero-order valence-electron chi connectivity index (χ0n) is 7.91. The third-order valence-electron chi connectivity index (χ3n) is 2.06. The molecule has 1 aromatic rings. The highest BCUT2D eigenvalue weighted by Gasteiger charge is 2.12. The van der Waals surface area contributed by atoms with Crippen LogP contribution >= 0.6 is 0 Å². The first kappa shape index (κ1) is 9.26. The lowest BCUT2D eigenvalue weighted by Crippen LogP contribution is -2.33. The van der Waals surface area contributed by atoms with E-state index in [1.165, 1.54) is 0 Å².